The molecule has 0 aliphatic rings. The Labute approximate surface area is 219 Å². The second-order valence-corrected chi connectivity index (χ2v) is 10.5. The van der Waals surface area contributed by atoms with E-state index in [0.29, 0.717) is 6.61 Å². The lowest BCUT2D eigenvalue weighted by Gasteiger charge is -2.11. The van der Waals surface area contributed by atoms with E-state index < -0.39 is 0 Å². The van der Waals surface area contributed by atoms with Crippen molar-refractivity contribution >= 4 is 89.2 Å². The van der Waals surface area contributed by atoms with Gasteiger partial charge >= 0.3 is 0 Å². The summed E-state index contributed by atoms with van der Waals surface area (Å²) in [6.45, 7) is 0.499. The van der Waals surface area contributed by atoms with Crippen LogP contribution in [0.2, 0.25) is 0 Å². The SMILES string of the molecule is O=C(Cc1ccc(Br)cc1)N/N=C\c1cc(I)c(OCc2ccc(Br)cc2)c(I)c1. The summed E-state index contributed by atoms with van der Waals surface area (Å²) in [5.74, 6) is 0.683. The van der Waals surface area contributed by atoms with Crippen LogP contribution < -0.4 is 10.2 Å². The predicted molar refractivity (Wildman–Crippen MR) is 144 cm³/mol. The highest BCUT2D eigenvalue weighted by Gasteiger charge is 2.09. The fourth-order valence-corrected chi connectivity index (χ4v) is 5.19. The van der Waals surface area contributed by atoms with E-state index >= 15 is 0 Å². The molecule has 0 bridgehead atoms. The number of benzene rings is 3. The summed E-state index contributed by atoms with van der Waals surface area (Å²) in [6, 6.07) is 19.7. The first-order valence-electron chi connectivity index (χ1n) is 8.83. The standard InChI is InChI=1S/C22H16Br2I2N2O2/c23-17-5-1-14(2-6-17)11-21(29)28-27-12-16-9-19(25)22(20(26)10-16)30-13-15-3-7-18(24)8-4-15/h1-10,12H,11,13H2,(H,28,29)/b27-12-. The van der Waals surface area contributed by atoms with E-state index in [9.17, 15) is 4.79 Å². The molecule has 0 spiro atoms. The van der Waals surface area contributed by atoms with Crippen molar-refractivity contribution in [2.45, 2.75) is 13.0 Å². The van der Waals surface area contributed by atoms with E-state index in [0.717, 1.165) is 38.5 Å². The highest BCUT2D eigenvalue weighted by Crippen LogP contribution is 2.29. The number of nitrogens with zero attached hydrogens (tertiary/aromatic N) is 1. The number of hydrazone groups is 1. The van der Waals surface area contributed by atoms with Crippen LogP contribution in [0, 0.1) is 7.14 Å². The number of carbonyl (C=O) groups is 1. The summed E-state index contributed by atoms with van der Waals surface area (Å²) in [5, 5.41) is 4.08. The molecule has 0 radical (unpaired) electrons. The van der Waals surface area contributed by atoms with Gasteiger partial charge in [-0.15, -0.1) is 0 Å². The first kappa shape index (κ1) is 23.7. The van der Waals surface area contributed by atoms with Gasteiger partial charge in [-0.25, -0.2) is 5.43 Å². The smallest absolute Gasteiger partial charge is 0.244 e. The quantitative estimate of drug-likeness (QED) is 0.166. The number of ether oxygens (including phenoxy) is 1. The molecule has 0 unspecified atom stereocenters. The van der Waals surface area contributed by atoms with E-state index in [1.165, 1.54) is 0 Å². The maximum atomic E-state index is 12.1. The minimum atomic E-state index is -0.160. The molecule has 0 fully saturated rings. The van der Waals surface area contributed by atoms with E-state index in [1.807, 2.05) is 60.7 Å². The normalized spacial score (nSPS) is 10.9. The lowest BCUT2D eigenvalue weighted by molar-refractivity contribution is -0.120. The zero-order valence-corrected chi connectivity index (χ0v) is 23.0. The number of amides is 1. The number of halogens is 4. The number of hydrogen-bond donors (Lipinski definition) is 1. The van der Waals surface area contributed by atoms with Gasteiger partial charge in [-0.2, -0.15) is 5.10 Å². The zero-order chi connectivity index (χ0) is 21.5. The van der Waals surface area contributed by atoms with Crippen molar-refractivity contribution in [2.75, 3.05) is 0 Å². The van der Waals surface area contributed by atoms with Crippen molar-refractivity contribution in [3.63, 3.8) is 0 Å². The fraction of sp³-hybridized carbons (Fsp3) is 0.0909. The first-order chi connectivity index (χ1) is 14.4. The van der Waals surface area contributed by atoms with Crippen molar-refractivity contribution < 1.29 is 9.53 Å². The van der Waals surface area contributed by atoms with E-state index in [1.54, 1.807) is 6.21 Å². The number of nitrogens with one attached hydrogen (secondary N) is 1. The van der Waals surface area contributed by atoms with Gasteiger partial charge in [0.2, 0.25) is 5.91 Å². The van der Waals surface area contributed by atoms with E-state index in [2.05, 4.69) is 87.6 Å². The van der Waals surface area contributed by atoms with Crippen LogP contribution in [-0.2, 0) is 17.8 Å². The number of rotatable bonds is 7. The van der Waals surface area contributed by atoms with Crippen LogP contribution in [0.5, 0.6) is 5.75 Å². The Bertz CT molecular complexity index is 1030. The maximum Gasteiger partial charge on any atom is 0.244 e. The van der Waals surface area contributed by atoms with Gasteiger partial charge in [0.1, 0.15) is 12.4 Å². The third kappa shape index (κ3) is 7.31. The van der Waals surface area contributed by atoms with E-state index in [-0.39, 0.29) is 12.3 Å². The molecule has 0 aliphatic heterocycles. The second kappa shape index (κ2) is 11.6. The molecule has 3 rings (SSSR count). The van der Waals surface area contributed by atoms with Gasteiger partial charge in [0, 0.05) is 8.95 Å². The minimum Gasteiger partial charge on any atom is -0.487 e. The Balaban J connectivity index is 1.57. The Hall–Kier alpha value is -0.980. The van der Waals surface area contributed by atoms with Gasteiger partial charge in [-0.3, -0.25) is 4.79 Å². The number of hydrogen-bond acceptors (Lipinski definition) is 3. The third-order valence-corrected chi connectivity index (χ3v) is 6.66. The summed E-state index contributed by atoms with van der Waals surface area (Å²) in [4.78, 5) is 12.1. The highest BCUT2D eigenvalue weighted by molar-refractivity contribution is 14.1. The molecule has 1 amide bonds. The van der Waals surface area contributed by atoms with Crippen molar-refractivity contribution in [1.29, 1.82) is 0 Å². The molecule has 1 N–H and O–H groups in total. The molecule has 0 aliphatic carbocycles. The van der Waals surface area contributed by atoms with Gasteiger partial charge in [0.15, 0.2) is 0 Å². The van der Waals surface area contributed by atoms with Crippen molar-refractivity contribution in [3.05, 3.63) is 93.4 Å². The molecule has 0 saturated carbocycles. The maximum absolute atomic E-state index is 12.1. The Morgan fingerprint density at radius 1 is 0.933 bits per heavy atom. The number of carbonyl (C=O) groups excluding carboxylic acids is 1. The molecule has 0 saturated heterocycles. The van der Waals surface area contributed by atoms with Gasteiger partial charge in [0.05, 0.1) is 19.8 Å². The predicted octanol–water partition coefficient (Wildman–Crippen LogP) is 6.69. The van der Waals surface area contributed by atoms with Crippen LogP contribution in [0.25, 0.3) is 0 Å². The van der Waals surface area contributed by atoms with Crippen LogP contribution in [0.3, 0.4) is 0 Å². The van der Waals surface area contributed by atoms with Crippen LogP contribution >= 0.6 is 77.0 Å². The van der Waals surface area contributed by atoms with Crippen LogP contribution in [-0.4, -0.2) is 12.1 Å². The topological polar surface area (TPSA) is 50.7 Å². The minimum absolute atomic E-state index is 0.160. The average molecular weight is 754 g/mol. The molecule has 30 heavy (non-hydrogen) atoms. The van der Waals surface area contributed by atoms with Crippen LogP contribution in [0.15, 0.2) is 74.7 Å². The molecule has 154 valence electrons. The molecular formula is C22H16Br2I2N2O2. The van der Waals surface area contributed by atoms with Crippen molar-refractivity contribution in [3.8, 4) is 5.75 Å². The lowest BCUT2D eigenvalue weighted by atomic mass is 10.1. The molecule has 0 atom stereocenters. The zero-order valence-electron chi connectivity index (χ0n) is 15.5. The molecule has 4 nitrogen and oxygen atoms in total. The van der Waals surface area contributed by atoms with Gasteiger partial charge in [0.25, 0.3) is 0 Å². The average Bonchev–Trinajstić information content (AvgIpc) is 2.70. The van der Waals surface area contributed by atoms with Gasteiger partial charge in [-0.05, 0) is 98.3 Å². The molecule has 3 aromatic rings. The van der Waals surface area contributed by atoms with Crippen LogP contribution in [0.1, 0.15) is 16.7 Å². The molecule has 3 aromatic carbocycles. The summed E-state index contributed by atoms with van der Waals surface area (Å²) in [7, 11) is 0. The van der Waals surface area contributed by atoms with Crippen molar-refractivity contribution in [1.82, 2.24) is 5.43 Å². The monoisotopic (exact) mass is 752 g/mol. The van der Waals surface area contributed by atoms with Crippen LogP contribution in [0.4, 0.5) is 0 Å². The molecule has 0 heterocycles. The molecular weight excluding hydrogens is 738 g/mol. The van der Waals surface area contributed by atoms with Gasteiger partial charge in [-0.1, -0.05) is 56.1 Å². The Kier molecular flexibility index (Phi) is 9.14. The van der Waals surface area contributed by atoms with E-state index in [4.69, 9.17) is 4.74 Å². The van der Waals surface area contributed by atoms with Crippen molar-refractivity contribution in [2.24, 2.45) is 5.10 Å². The fourth-order valence-electron chi connectivity index (χ4n) is 2.53. The van der Waals surface area contributed by atoms with Gasteiger partial charge < -0.3 is 4.74 Å². The summed E-state index contributed by atoms with van der Waals surface area (Å²) in [6.07, 6.45) is 1.92. The Morgan fingerprint density at radius 3 is 2.03 bits per heavy atom. The Morgan fingerprint density at radius 2 is 1.47 bits per heavy atom. The second-order valence-electron chi connectivity index (χ2n) is 6.33. The largest absolute Gasteiger partial charge is 0.487 e. The summed E-state index contributed by atoms with van der Waals surface area (Å²) in [5.41, 5.74) is 5.50. The highest BCUT2D eigenvalue weighted by atomic mass is 127. The molecule has 8 heteroatoms. The summed E-state index contributed by atoms with van der Waals surface area (Å²) >= 11 is 11.3. The first-order valence-corrected chi connectivity index (χ1v) is 12.6. The third-order valence-electron chi connectivity index (χ3n) is 4.00. The molecule has 0 aromatic heterocycles. The lowest BCUT2D eigenvalue weighted by Crippen LogP contribution is -2.19. The summed E-state index contributed by atoms with van der Waals surface area (Å²) < 4.78 is 10.0.